The Kier molecular flexibility index (Phi) is 6.79. The lowest BCUT2D eigenvalue weighted by Crippen LogP contribution is -2.28. The van der Waals surface area contributed by atoms with E-state index in [0.29, 0.717) is 23.4 Å². The first-order chi connectivity index (χ1) is 16.3. The molecule has 3 aromatic rings. The van der Waals surface area contributed by atoms with Crippen molar-refractivity contribution >= 4 is 40.9 Å². The van der Waals surface area contributed by atoms with Crippen molar-refractivity contribution in [2.45, 2.75) is 43.1 Å². The minimum Gasteiger partial charge on any atom is -0.465 e. The Morgan fingerprint density at radius 3 is 2.18 bits per heavy atom. The first-order valence-electron chi connectivity index (χ1n) is 11.0. The number of carbonyl (C=O) groups excluding carboxylic acids is 3. The van der Waals surface area contributed by atoms with Crippen LogP contribution >= 0.6 is 11.8 Å². The first-order valence-corrected chi connectivity index (χ1v) is 11.8. The van der Waals surface area contributed by atoms with E-state index in [-0.39, 0.29) is 12.1 Å². The summed E-state index contributed by atoms with van der Waals surface area (Å²) in [7, 11) is 1.29. The van der Waals surface area contributed by atoms with Crippen LogP contribution in [0.5, 0.6) is 0 Å². The fraction of sp³-hybridized carbons (Fsp3) is 0.269. The largest absolute Gasteiger partial charge is 0.465 e. The Hall–Kier alpha value is -3.52. The van der Waals surface area contributed by atoms with Crippen molar-refractivity contribution in [2.75, 3.05) is 18.6 Å². The Morgan fingerprint density at radius 1 is 1.00 bits per heavy atom. The number of anilines is 2. The van der Waals surface area contributed by atoms with E-state index in [2.05, 4.69) is 22.0 Å². The normalized spacial score (nSPS) is 13.0. The number of H-pyrrole nitrogens is 1. The number of ether oxygens (including phenoxy) is 2. The molecule has 0 amide bonds. The van der Waals surface area contributed by atoms with Gasteiger partial charge in [-0.05, 0) is 50.6 Å². The van der Waals surface area contributed by atoms with Gasteiger partial charge in [-0.25, -0.2) is 4.79 Å². The number of para-hydroxylation sites is 2. The fourth-order valence-corrected chi connectivity index (χ4v) is 5.24. The summed E-state index contributed by atoms with van der Waals surface area (Å²) in [6.45, 7) is 5.32. The van der Waals surface area contributed by atoms with Crippen molar-refractivity contribution in [1.82, 2.24) is 4.98 Å². The predicted molar refractivity (Wildman–Crippen MR) is 130 cm³/mol. The molecule has 0 saturated heterocycles. The standard InChI is InChI=1S/C26H26N2O5S/c1-15-23(26(31)32-4)16(2)27-24(15)25(30)17(3)33-22(29)13-14-28-18-9-5-7-11-20(18)34-21-12-8-6-10-19(21)28/h5-12,17,27H,13-14H2,1-4H3. The Balaban J connectivity index is 1.44. The van der Waals surface area contributed by atoms with Gasteiger partial charge in [0.2, 0.25) is 5.78 Å². The van der Waals surface area contributed by atoms with Gasteiger partial charge in [0.05, 0.1) is 36.2 Å². The molecule has 0 bridgehead atoms. The van der Waals surface area contributed by atoms with Crippen LogP contribution in [0.4, 0.5) is 11.4 Å². The molecule has 2 heterocycles. The molecule has 0 fully saturated rings. The first kappa shape index (κ1) is 23.6. The second-order valence-electron chi connectivity index (χ2n) is 8.05. The number of fused-ring (bicyclic) bond motifs is 2. The maximum atomic E-state index is 12.9. The van der Waals surface area contributed by atoms with Crippen LogP contribution in [0.1, 0.15) is 45.4 Å². The summed E-state index contributed by atoms with van der Waals surface area (Å²) in [5.74, 6) is -1.38. The number of ketones is 1. The predicted octanol–water partition coefficient (Wildman–Crippen LogP) is 5.23. The van der Waals surface area contributed by atoms with Crippen LogP contribution in [-0.4, -0.2) is 42.5 Å². The van der Waals surface area contributed by atoms with Gasteiger partial charge in [-0.3, -0.25) is 9.59 Å². The Morgan fingerprint density at radius 2 is 1.59 bits per heavy atom. The molecule has 34 heavy (non-hydrogen) atoms. The third-order valence-electron chi connectivity index (χ3n) is 5.82. The van der Waals surface area contributed by atoms with E-state index in [4.69, 9.17) is 9.47 Å². The van der Waals surface area contributed by atoms with Gasteiger partial charge < -0.3 is 19.4 Å². The second kappa shape index (κ2) is 9.77. The molecule has 1 aliphatic rings. The average molecular weight is 479 g/mol. The highest BCUT2D eigenvalue weighted by atomic mass is 32.2. The van der Waals surface area contributed by atoms with Gasteiger partial charge in [-0.1, -0.05) is 36.0 Å². The number of carbonyl (C=O) groups is 3. The molecule has 0 spiro atoms. The summed E-state index contributed by atoms with van der Waals surface area (Å²) in [6, 6.07) is 16.1. The van der Waals surface area contributed by atoms with Gasteiger partial charge >= 0.3 is 11.9 Å². The van der Waals surface area contributed by atoms with E-state index in [1.54, 1.807) is 25.6 Å². The van der Waals surface area contributed by atoms with Crippen LogP contribution in [0, 0.1) is 13.8 Å². The molecule has 0 saturated carbocycles. The van der Waals surface area contributed by atoms with Gasteiger partial charge in [0.25, 0.3) is 0 Å². The third kappa shape index (κ3) is 4.46. The maximum absolute atomic E-state index is 12.9. The van der Waals surface area contributed by atoms with Crippen molar-refractivity contribution in [3.05, 3.63) is 71.0 Å². The second-order valence-corrected chi connectivity index (χ2v) is 9.14. The fourth-order valence-electron chi connectivity index (χ4n) is 4.14. The molecule has 4 rings (SSSR count). The molecule has 176 valence electrons. The van der Waals surface area contributed by atoms with Crippen LogP contribution in [0.25, 0.3) is 0 Å². The number of Topliss-reactive ketones (excluding diaryl/α,β-unsaturated/α-hetero) is 1. The van der Waals surface area contributed by atoms with E-state index in [0.717, 1.165) is 21.2 Å². The van der Waals surface area contributed by atoms with E-state index in [1.807, 2.05) is 36.4 Å². The van der Waals surface area contributed by atoms with Crippen LogP contribution in [-0.2, 0) is 14.3 Å². The van der Waals surface area contributed by atoms with Gasteiger partial charge in [-0.2, -0.15) is 0 Å². The van der Waals surface area contributed by atoms with E-state index < -0.39 is 23.8 Å². The van der Waals surface area contributed by atoms with E-state index in [1.165, 1.54) is 14.0 Å². The SMILES string of the molecule is COC(=O)c1c(C)[nH]c(C(=O)C(C)OC(=O)CCN2c3ccccc3Sc3ccccc32)c1C. The summed E-state index contributed by atoms with van der Waals surface area (Å²) < 4.78 is 10.3. The monoisotopic (exact) mass is 478 g/mol. The molecule has 7 nitrogen and oxygen atoms in total. The van der Waals surface area contributed by atoms with Gasteiger partial charge in [0.15, 0.2) is 6.10 Å². The maximum Gasteiger partial charge on any atom is 0.339 e. The van der Waals surface area contributed by atoms with Crippen LogP contribution in [0.3, 0.4) is 0 Å². The third-order valence-corrected chi connectivity index (χ3v) is 6.95. The number of esters is 2. The zero-order chi connectivity index (χ0) is 24.4. The summed E-state index contributed by atoms with van der Waals surface area (Å²) in [5, 5.41) is 0. The number of benzene rings is 2. The number of aromatic nitrogens is 1. The van der Waals surface area contributed by atoms with Gasteiger partial charge in [-0.15, -0.1) is 0 Å². The van der Waals surface area contributed by atoms with Crippen molar-refractivity contribution in [1.29, 1.82) is 0 Å². The molecule has 1 aromatic heterocycles. The summed E-state index contributed by atoms with van der Waals surface area (Å²) in [6.07, 6.45) is -0.882. The van der Waals surface area contributed by atoms with Crippen molar-refractivity contribution in [2.24, 2.45) is 0 Å². The molecule has 0 radical (unpaired) electrons. The van der Waals surface area contributed by atoms with Crippen LogP contribution in [0.2, 0.25) is 0 Å². The number of hydrogen-bond acceptors (Lipinski definition) is 7. The molecule has 8 heteroatoms. The van der Waals surface area contributed by atoms with Gasteiger partial charge in [0.1, 0.15) is 0 Å². The number of nitrogens with one attached hydrogen (secondary N) is 1. The quantitative estimate of drug-likeness (QED) is 0.368. The molecular weight excluding hydrogens is 452 g/mol. The van der Waals surface area contributed by atoms with Crippen molar-refractivity contribution < 1.29 is 23.9 Å². The Labute approximate surface area is 202 Å². The van der Waals surface area contributed by atoms with Crippen molar-refractivity contribution in [3.8, 4) is 0 Å². The van der Waals surface area contributed by atoms with Crippen LogP contribution in [0.15, 0.2) is 58.3 Å². The number of nitrogens with zero attached hydrogens (tertiary/aromatic N) is 1. The van der Waals surface area contributed by atoms with E-state index >= 15 is 0 Å². The number of aromatic amines is 1. The lowest BCUT2D eigenvalue weighted by Gasteiger charge is -2.32. The lowest BCUT2D eigenvalue weighted by molar-refractivity contribution is -0.146. The minimum absolute atomic E-state index is 0.112. The number of methoxy groups -OCH3 is 1. The number of hydrogen-bond donors (Lipinski definition) is 1. The molecule has 1 unspecified atom stereocenters. The molecule has 1 atom stereocenters. The lowest BCUT2D eigenvalue weighted by atomic mass is 10.1. The zero-order valence-electron chi connectivity index (χ0n) is 19.5. The van der Waals surface area contributed by atoms with Crippen molar-refractivity contribution in [3.63, 3.8) is 0 Å². The van der Waals surface area contributed by atoms with Gasteiger partial charge in [0, 0.05) is 22.0 Å². The highest BCUT2D eigenvalue weighted by Crippen LogP contribution is 2.47. The molecular formula is C26H26N2O5S. The zero-order valence-corrected chi connectivity index (χ0v) is 20.3. The topological polar surface area (TPSA) is 88.7 Å². The highest BCUT2D eigenvalue weighted by Gasteiger charge is 2.28. The number of aryl methyl sites for hydroxylation is 1. The summed E-state index contributed by atoms with van der Waals surface area (Å²) in [5.41, 5.74) is 3.66. The Bertz CT molecular complexity index is 1220. The molecule has 0 aliphatic carbocycles. The summed E-state index contributed by atoms with van der Waals surface area (Å²) >= 11 is 1.70. The minimum atomic E-state index is -0.994. The highest BCUT2D eigenvalue weighted by molar-refractivity contribution is 7.99. The molecule has 2 aromatic carbocycles. The number of rotatable bonds is 7. The average Bonchev–Trinajstić information content (AvgIpc) is 3.14. The summed E-state index contributed by atoms with van der Waals surface area (Å²) in [4.78, 5) is 44.9. The molecule has 1 N–H and O–H groups in total. The molecule has 1 aliphatic heterocycles. The van der Waals surface area contributed by atoms with E-state index in [9.17, 15) is 14.4 Å². The smallest absolute Gasteiger partial charge is 0.339 e. The van der Waals surface area contributed by atoms with Crippen LogP contribution < -0.4 is 4.90 Å².